The number of hydrogen-bond acceptors (Lipinski definition) is 7. The van der Waals surface area contributed by atoms with E-state index in [1.165, 1.54) is 0 Å². The minimum Gasteiger partial charge on any atom is -0.461 e. The molecule has 0 fully saturated rings. The third-order valence-corrected chi connectivity index (χ3v) is 9.50. The van der Waals surface area contributed by atoms with Gasteiger partial charge in [0.1, 0.15) is 19.8 Å². The molecule has 0 aliphatic rings. The molecule has 0 rings (SSSR count). The van der Waals surface area contributed by atoms with Crippen molar-refractivity contribution >= 4 is 19.8 Å². The highest BCUT2D eigenvalue weighted by Crippen LogP contribution is 2.43. The van der Waals surface area contributed by atoms with Crippen molar-refractivity contribution in [2.45, 2.75) is 136 Å². The first-order valence-electron chi connectivity index (χ1n) is 22.3. The SMILES string of the molecule is CC/C=C\C/C=C\C/C=C\C/C=C\C/C=C\CCCCCCCC(=O)OC(COC(=O)C/C=C\C/C=C\C/C=C\C/C=C\C/C=C\CC)COP(=O)(O)OCC[N+](C)(C)C. The summed E-state index contributed by atoms with van der Waals surface area (Å²) in [5, 5.41) is 0. The lowest BCUT2D eigenvalue weighted by Gasteiger charge is -2.24. The number of rotatable bonds is 38. The molecule has 10 heteroatoms. The minimum atomic E-state index is -4.41. The Morgan fingerprint density at radius 2 is 0.950 bits per heavy atom. The number of hydrogen-bond donors (Lipinski definition) is 1. The number of ether oxygens (including phenoxy) is 2. The van der Waals surface area contributed by atoms with Crippen LogP contribution in [0.3, 0.4) is 0 Å². The lowest BCUT2D eigenvalue weighted by molar-refractivity contribution is -0.870. The van der Waals surface area contributed by atoms with Gasteiger partial charge in [0.2, 0.25) is 0 Å². The van der Waals surface area contributed by atoms with Crippen LogP contribution in [0, 0.1) is 0 Å². The van der Waals surface area contributed by atoms with Gasteiger partial charge in [-0.05, 0) is 83.5 Å². The molecular formula is C50H81NO8P+. The van der Waals surface area contributed by atoms with Gasteiger partial charge in [0.15, 0.2) is 6.10 Å². The van der Waals surface area contributed by atoms with Crippen LogP contribution in [0.15, 0.2) is 122 Å². The van der Waals surface area contributed by atoms with Gasteiger partial charge < -0.3 is 18.9 Å². The van der Waals surface area contributed by atoms with Crippen molar-refractivity contribution in [3.05, 3.63) is 122 Å². The monoisotopic (exact) mass is 855 g/mol. The molecule has 0 saturated heterocycles. The second-order valence-corrected chi connectivity index (χ2v) is 16.8. The van der Waals surface area contributed by atoms with Crippen LogP contribution in [0.5, 0.6) is 0 Å². The minimum absolute atomic E-state index is 0.00623. The van der Waals surface area contributed by atoms with Crippen LogP contribution in [0.4, 0.5) is 0 Å². The van der Waals surface area contributed by atoms with E-state index in [1.54, 1.807) is 6.08 Å². The number of carbonyl (C=O) groups is 2. The van der Waals surface area contributed by atoms with Gasteiger partial charge in [-0.1, -0.05) is 155 Å². The summed E-state index contributed by atoms with van der Waals surface area (Å²) in [6.07, 6.45) is 57.1. The predicted octanol–water partition coefficient (Wildman–Crippen LogP) is 12.9. The van der Waals surface area contributed by atoms with Crippen LogP contribution >= 0.6 is 7.82 Å². The fraction of sp³-hybridized carbons (Fsp3) is 0.560. The van der Waals surface area contributed by atoms with E-state index in [2.05, 4.69) is 117 Å². The first-order valence-corrected chi connectivity index (χ1v) is 23.8. The molecule has 2 unspecified atom stereocenters. The molecule has 60 heavy (non-hydrogen) atoms. The Labute approximate surface area is 365 Å². The molecular weight excluding hydrogens is 774 g/mol. The number of carbonyl (C=O) groups excluding carboxylic acids is 2. The van der Waals surface area contributed by atoms with Gasteiger partial charge in [-0.3, -0.25) is 18.6 Å². The Bertz CT molecular complexity index is 1430. The number of unbranched alkanes of at least 4 members (excludes halogenated alkanes) is 5. The van der Waals surface area contributed by atoms with E-state index < -0.39 is 32.5 Å². The average molecular weight is 855 g/mol. The van der Waals surface area contributed by atoms with Crippen LogP contribution in [0.1, 0.15) is 129 Å². The molecule has 0 saturated carbocycles. The number of likely N-dealkylation sites (N-methyl/N-ethyl adjacent to an activating group) is 1. The Kier molecular flexibility index (Phi) is 38.4. The molecule has 0 aromatic rings. The van der Waals surface area contributed by atoms with Crippen LogP contribution in [0.25, 0.3) is 0 Å². The second kappa shape index (κ2) is 40.8. The number of nitrogens with zero attached hydrogens (tertiary/aromatic N) is 1. The number of allylic oxidation sites excluding steroid dienone is 19. The van der Waals surface area contributed by atoms with Crippen molar-refractivity contribution in [1.29, 1.82) is 0 Å². The summed E-state index contributed by atoms with van der Waals surface area (Å²) < 4.78 is 34.2. The van der Waals surface area contributed by atoms with Crippen LogP contribution < -0.4 is 0 Å². The summed E-state index contributed by atoms with van der Waals surface area (Å²) >= 11 is 0. The highest BCUT2D eigenvalue weighted by atomic mass is 31.2. The summed E-state index contributed by atoms with van der Waals surface area (Å²) in [5.74, 6) is -0.983. The molecule has 2 atom stereocenters. The number of quaternary nitrogens is 1. The molecule has 0 amide bonds. The van der Waals surface area contributed by atoms with Gasteiger partial charge in [0, 0.05) is 6.42 Å². The van der Waals surface area contributed by atoms with Gasteiger partial charge in [0.25, 0.3) is 0 Å². The third-order valence-electron chi connectivity index (χ3n) is 8.52. The number of esters is 2. The molecule has 0 heterocycles. The number of phosphoric ester groups is 1. The Morgan fingerprint density at radius 3 is 1.42 bits per heavy atom. The molecule has 0 bridgehead atoms. The van der Waals surface area contributed by atoms with Gasteiger partial charge in [0.05, 0.1) is 34.2 Å². The smallest absolute Gasteiger partial charge is 0.461 e. The normalized spacial score (nSPS) is 14.7. The zero-order valence-corrected chi connectivity index (χ0v) is 38.8. The van der Waals surface area contributed by atoms with Crippen molar-refractivity contribution in [3.63, 3.8) is 0 Å². The summed E-state index contributed by atoms with van der Waals surface area (Å²) in [6.45, 7) is 4.02. The summed E-state index contributed by atoms with van der Waals surface area (Å²) in [4.78, 5) is 35.3. The van der Waals surface area contributed by atoms with Crippen LogP contribution in [0.2, 0.25) is 0 Å². The summed E-state index contributed by atoms with van der Waals surface area (Å²) in [6, 6.07) is 0. The molecule has 0 radical (unpaired) electrons. The zero-order valence-electron chi connectivity index (χ0n) is 37.9. The number of phosphoric acid groups is 1. The molecule has 9 nitrogen and oxygen atoms in total. The third kappa shape index (κ3) is 44.0. The standard InChI is InChI=1S/C50H80NO8P/c1-6-8-10-12-14-16-18-20-22-23-24-25-26-27-29-31-33-35-37-39-41-43-50(53)59-48(47-58-60(54,55)57-45-44-51(3,4)5)46-56-49(52)42-40-38-36-34-32-30-28-21-19-17-15-13-11-9-7-2/h8-11,14-17,20-22,24-25,27-29,32,34,38,40,48H,6-7,12-13,18-19,23,26,30-31,33,35-37,39,41-47H2,1-5H3/p+1/b10-8-,11-9-,16-14-,17-15-,22-20-,25-24-,28-21-,29-27-,34-32-,40-38-. The van der Waals surface area contributed by atoms with Crippen molar-refractivity contribution in [3.8, 4) is 0 Å². The molecule has 338 valence electrons. The zero-order chi connectivity index (χ0) is 44.3. The fourth-order valence-electron chi connectivity index (χ4n) is 5.11. The van der Waals surface area contributed by atoms with Crippen LogP contribution in [-0.2, 0) is 32.7 Å². The highest BCUT2D eigenvalue weighted by Gasteiger charge is 2.27. The average Bonchev–Trinajstić information content (AvgIpc) is 3.20. The Hall–Kier alpha value is -3.59. The van der Waals surface area contributed by atoms with Crippen molar-refractivity contribution in [2.75, 3.05) is 47.5 Å². The van der Waals surface area contributed by atoms with Gasteiger partial charge >= 0.3 is 19.8 Å². The van der Waals surface area contributed by atoms with Crippen LogP contribution in [-0.4, -0.2) is 74.9 Å². The van der Waals surface area contributed by atoms with Crippen molar-refractivity contribution in [1.82, 2.24) is 0 Å². The van der Waals surface area contributed by atoms with E-state index in [0.717, 1.165) is 89.9 Å². The first kappa shape index (κ1) is 56.4. The maximum Gasteiger partial charge on any atom is 0.472 e. The predicted molar refractivity (Wildman–Crippen MR) is 251 cm³/mol. The Balaban J connectivity index is 4.52. The second-order valence-electron chi connectivity index (χ2n) is 15.3. The lowest BCUT2D eigenvalue weighted by atomic mass is 10.1. The summed E-state index contributed by atoms with van der Waals surface area (Å²) in [7, 11) is 1.39. The quantitative estimate of drug-likeness (QED) is 0.0215. The van der Waals surface area contributed by atoms with Crippen molar-refractivity contribution in [2.24, 2.45) is 0 Å². The van der Waals surface area contributed by atoms with E-state index in [9.17, 15) is 19.0 Å². The molecule has 0 aromatic heterocycles. The van der Waals surface area contributed by atoms with E-state index >= 15 is 0 Å². The maximum atomic E-state index is 12.7. The Morgan fingerprint density at radius 1 is 0.533 bits per heavy atom. The molecule has 0 spiro atoms. The topological polar surface area (TPSA) is 108 Å². The summed E-state index contributed by atoms with van der Waals surface area (Å²) in [5.41, 5.74) is 0. The van der Waals surface area contributed by atoms with E-state index in [-0.39, 0.29) is 26.1 Å². The largest absolute Gasteiger partial charge is 0.472 e. The van der Waals surface area contributed by atoms with Crippen molar-refractivity contribution < 1.29 is 42.1 Å². The fourth-order valence-corrected chi connectivity index (χ4v) is 5.85. The highest BCUT2D eigenvalue weighted by molar-refractivity contribution is 7.47. The molecule has 0 aliphatic heterocycles. The lowest BCUT2D eigenvalue weighted by Crippen LogP contribution is -2.37. The van der Waals surface area contributed by atoms with Gasteiger partial charge in [-0.15, -0.1) is 0 Å². The first-order chi connectivity index (χ1) is 29.0. The maximum absolute atomic E-state index is 12.7. The van der Waals surface area contributed by atoms with E-state index in [1.807, 2.05) is 33.3 Å². The molecule has 0 aliphatic carbocycles. The van der Waals surface area contributed by atoms with Gasteiger partial charge in [-0.2, -0.15) is 0 Å². The molecule has 0 aromatic carbocycles. The van der Waals surface area contributed by atoms with E-state index in [0.29, 0.717) is 23.9 Å². The molecule has 1 N–H and O–H groups in total. The van der Waals surface area contributed by atoms with Gasteiger partial charge in [-0.25, -0.2) is 4.57 Å². The van der Waals surface area contributed by atoms with E-state index in [4.69, 9.17) is 18.5 Å².